The lowest BCUT2D eigenvalue weighted by molar-refractivity contribution is -0.143. The SMILES string of the molecule is C#CCOC(=O)[C@@H](N)CSSC[C@H](N)C(=O)O. The number of rotatable bonds is 8. The number of ether oxygens (including phenoxy) is 1. The largest absolute Gasteiger partial charge is 0.480 e. The smallest absolute Gasteiger partial charge is 0.324 e. The summed E-state index contributed by atoms with van der Waals surface area (Å²) in [5, 5.41) is 8.51. The van der Waals surface area contributed by atoms with E-state index < -0.39 is 24.0 Å². The Morgan fingerprint density at radius 3 is 2.29 bits per heavy atom. The first kappa shape index (κ1) is 16.1. The first-order chi connectivity index (χ1) is 7.99. The summed E-state index contributed by atoms with van der Waals surface area (Å²) in [6, 6.07) is -1.70. The predicted octanol–water partition coefficient (Wildman–Crippen LogP) is -0.717. The van der Waals surface area contributed by atoms with Crippen molar-refractivity contribution in [2.75, 3.05) is 18.1 Å². The third kappa shape index (κ3) is 7.93. The van der Waals surface area contributed by atoms with Gasteiger partial charge >= 0.3 is 11.9 Å². The summed E-state index contributed by atoms with van der Waals surface area (Å²) >= 11 is 0. The van der Waals surface area contributed by atoms with Crippen molar-refractivity contribution >= 4 is 33.5 Å². The maximum absolute atomic E-state index is 11.2. The molecule has 0 radical (unpaired) electrons. The summed E-state index contributed by atoms with van der Waals surface area (Å²) in [7, 11) is 2.51. The molecule has 6 nitrogen and oxygen atoms in total. The number of hydrogen-bond acceptors (Lipinski definition) is 7. The second kappa shape index (κ2) is 9.18. The van der Waals surface area contributed by atoms with E-state index in [9.17, 15) is 9.59 Å². The van der Waals surface area contributed by atoms with E-state index in [4.69, 9.17) is 23.0 Å². The van der Waals surface area contributed by atoms with Crippen LogP contribution in [0.5, 0.6) is 0 Å². The van der Waals surface area contributed by atoms with Gasteiger partial charge in [0, 0.05) is 11.5 Å². The van der Waals surface area contributed by atoms with Gasteiger partial charge in [0.15, 0.2) is 6.61 Å². The first-order valence-corrected chi connectivity index (χ1v) is 7.06. The fourth-order valence-electron chi connectivity index (χ4n) is 0.602. The maximum Gasteiger partial charge on any atom is 0.324 e. The molecule has 0 amide bonds. The first-order valence-electron chi connectivity index (χ1n) is 4.57. The normalized spacial score (nSPS) is 13.5. The van der Waals surface area contributed by atoms with Gasteiger partial charge < -0.3 is 21.3 Å². The highest BCUT2D eigenvalue weighted by atomic mass is 33.1. The topological polar surface area (TPSA) is 116 Å². The van der Waals surface area contributed by atoms with Crippen LogP contribution in [-0.4, -0.2) is 47.2 Å². The fraction of sp³-hybridized carbons (Fsp3) is 0.556. The molecule has 0 saturated heterocycles. The third-order valence-electron chi connectivity index (χ3n) is 1.50. The second-order valence-electron chi connectivity index (χ2n) is 2.93. The molecule has 0 saturated carbocycles. The molecule has 0 bridgehead atoms. The van der Waals surface area contributed by atoms with E-state index in [1.165, 1.54) is 21.6 Å². The standard InChI is InChI=1S/C9H14N2O4S2/c1-2-3-15-9(14)7(11)5-17-16-4-6(10)8(12)13/h1,6-7H,3-5,10-11H2,(H,12,13)/t6-,7-/m0/s1. The van der Waals surface area contributed by atoms with Crippen molar-refractivity contribution in [1.29, 1.82) is 0 Å². The molecule has 0 aliphatic heterocycles. The molecule has 0 aliphatic carbocycles. The lowest BCUT2D eigenvalue weighted by atomic mass is 10.4. The van der Waals surface area contributed by atoms with Crippen molar-refractivity contribution in [3.63, 3.8) is 0 Å². The van der Waals surface area contributed by atoms with Gasteiger partial charge in [-0.3, -0.25) is 9.59 Å². The number of carbonyl (C=O) groups is 2. The van der Waals surface area contributed by atoms with Gasteiger partial charge in [0.1, 0.15) is 12.1 Å². The molecule has 0 spiro atoms. The third-order valence-corrected chi connectivity index (χ3v) is 3.97. The van der Waals surface area contributed by atoms with Crippen LogP contribution in [0.15, 0.2) is 0 Å². The van der Waals surface area contributed by atoms with Crippen LogP contribution in [0.4, 0.5) is 0 Å². The number of esters is 1. The maximum atomic E-state index is 11.2. The Morgan fingerprint density at radius 1 is 1.29 bits per heavy atom. The Morgan fingerprint density at radius 2 is 1.82 bits per heavy atom. The molecule has 0 heterocycles. The zero-order chi connectivity index (χ0) is 13.3. The van der Waals surface area contributed by atoms with Crippen LogP contribution >= 0.6 is 21.6 Å². The summed E-state index contributed by atoms with van der Waals surface area (Å²) in [5.41, 5.74) is 10.8. The van der Waals surface area contributed by atoms with E-state index in [1.807, 2.05) is 0 Å². The van der Waals surface area contributed by atoms with Gasteiger partial charge in [0.05, 0.1) is 0 Å². The Balaban J connectivity index is 3.64. The lowest BCUT2D eigenvalue weighted by Gasteiger charge is -2.10. The minimum atomic E-state index is -1.06. The van der Waals surface area contributed by atoms with Crippen molar-refractivity contribution in [3.05, 3.63) is 0 Å². The van der Waals surface area contributed by atoms with Crippen LogP contribution in [0.1, 0.15) is 0 Å². The van der Waals surface area contributed by atoms with Gasteiger partial charge in [0.2, 0.25) is 0 Å². The monoisotopic (exact) mass is 278 g/mol. The number of carboxylic acids is 1. The summed E-state index contributed by atoms with van der Waals surface area (Å²) in [4.78, 5) is 21.5. The molecule has 0 rings (SSSR count). The fourth-order valence-corrected chi connectivity index (χ4v) is 2.82. The van der Waals surface area contributed by atoms with Crippen molar-refractivity contribution in [2.45, 2.75) is 12.1 Å². The molecule has 0 aromatic heterocycles. The van der Waals surface area contributed by atoms with Gasteiger partial charge in [-0.1, -0.05) is 27.5 Å². The van der Waals surface area contributed by atoms with E-state index in [-0.39, 0.29) is 12.4 Å². The highest BCUT2D eigenvalue weighted by molar-refractivity contribution is 8.76. The van der Waals surface area contributed by atoms with Gasteiger partial charge in [-0.15, -0.1) is 6.42 Å². The lowest BCUT2D eigenvalue weighted by Crippen LogP contribution is -2.35. The number of carbonyl (C=O) groups excluding carboxylic acids is 1. The average Bonchev–Trinajstić information content (AvgIpc) is 2.30. The van der Waals surface area contributed by atoms with Crippen molar-refractivity contribution in [3.8, 4) is 12.3 Å². The minimum absolute atomic E-state index is 0.103. The van der Waals surface area contributed by atoms with Crippen LogP contribution in [0.3, 0.4) is 0 Å². The van der Waals surface area contributed by atoms with Gasteiger partial charge in [-0.05, 0) is 0 Å². The van der Waals surface area contributed by atoms with E-state index >= 15 is 0 Å². The highest BCUT2D eigenvalue weighted by Gasteiger charge is 2.16. The quantitative estimate of drug-likeness (QED) is 0.231. The Kier molecular flexibility index (Phi) is 8.71. The summed E-state index contributed by atoms with van der Waals surface area (Å²) < 4.78 is 4.63. The molecular weight excluding hydrogens is 264 g/mol. The summed E-state index contributed by atoms with van der Waals surface area (Å²) in [5.74, 6) is 1.07. The number of aliphatic carboxylic acids is 1. The van der Waals surface area contributed by atoms with Crippen LogP contribution in [0.25, 0.3) is 0 Å². The molecule has 8 heteroatoms. The number of terminal acetylenes is 1. The van der Waals surface area contributed by atoms with Gasteiger partial charge in [-0.2, -0.15) is 0 Å². The summed E-state index contributed by atoms with van der Waals surface area (Å²) in [6.45, 7) is -0.103. The van der Waals surface area contributed by atoms with Crippen LogP contribution in [0, 0.1) is 12.3 Å². The Labute approximate surface area is 107 Å². The molecular formula is C9H14N2O4S2. The van der Waals surface area contributed by atoms with Gasteiger partial charge in [0.25, 0.3) is 0 Å². The van der Waals surface area contributed by atoms with Crippen LogP contribution in [-0.2, 0) is 14.3 Å². The summed E-state index contributed by atoms with van der Waals surface area (Å²) in [6.07, 6.45) is 4.91. The van der Waals surface area contributed by atoms with E-state index in [1.54, 1.807) is 0 Å². The molecule has 0 aromatic rings. The van der Waals surface area contributed by atoms with Gasteiger partial charge in [-0.25, -0.2) is 0 Å². The van der Waals surface area contributed by atoms with E-state index in [0.29, 0.717) is 5.75 Å². The van der Waals surface area contributed by atoms with E-state index in [0.717, 1.165) is 0 Å². The second-order valence-corrected chi connectivity index (χ2v) is 5.48. The molecule has 0 unspecified atom stereocenters. The average molecular weight is 278 g/mol. The van der Waals surface area contributed by atoms with Crippen molar-refractivity contribution < 1.29 is 19.4 Å². The molecule has 2 atom stereocenters. The molecule has 96 valence electrons. The number of carboxylic acid groups (broad SMARTS) is 1. The van der Waals surface area contributed by atoms with Crippen LogP contribution in [0.2, 0.25) is 0 Å². The molecule has 17 heavy (non-hydrogen) atoms. The Hall–Kier alpha value is -0.880. The molecule has 0 fully saturated rings. The zero-order valence-corrected chi connectivity index (χ0v) is 10.6. The predicted molar refractivity (Wildman–Crippen MR) is 68.3 cm³/mol. The number of nitrogens with two attached hydrogens (primary N) is 2. The minimum Gasteiger partial charge on any atom is -0.480 e. The zero-order valence-electron chi connectivity index (χ0n) is 9.00. The van der Waals surface area contributed by atoms with Crippen molar-refractivity contribution in [1.82, 2.24) is 0 Å². The highest BCUT2D eigenvalue weighted by Crippen LogP contribution is 2.22. The van der Waals surface area contributed by atoms with E-state index in [2.05, 4.69) is 10.7 Å². The van der Waals surface area contributed by atoms with Crippen LogP contribution < -0.4 is 11.5 Å². The van der Waals surface area contributed by atoms with Crippen molar-refractivity contribution in [2.24, 2.45) is 11.5 Å². The number of hydrogen-bond donors (Lipinski definition) is 3. The molecule has 0 aliphatic rings. The molecule has 5 N–H and O–H groups in total. The Bertz CT molecular complexity index is 306. The molecule has 0 aromatic carbocycles.